The molecule has 0 fully saturated rings. The van der Waals surface area contributed by atoms with E-state index in [9.17, 15) is 19.5 Å². The fourth-order valence-corrected chi connectivity index (χ4v) is 5.03. The van der Waals surface area contributed by atoms with Gasteiger partial charge in [-0.15, -0.1) is 0 Å². The Hall–Kier alpha value is -3.52. The van der Waals surface area contributed by atoms with Crippen LogP contribution in [0.3, 0.4) is 0 Å². The molecule has 0 bridgehead atoms. The number of aryl methyl sites for hydroxylation is 1. The number of pyridine rings is 2. The lowest BCUT2D eigenvalue weighted by Gasteiger charge is -2.31. The van der Waals surface area contributed by atoms with Gasteiger partial charge in [0.25, 0.3) is 5.56 Å². The van der Waals surface area contributed by atoms with Crippen LogP contribution in [-0.4, -0.2) is 32.2 Å². The number of aliphatic hydroxyl groups is 1. The molecule has 1 aromatic carbocycles. The van der Waals surface area contributed by atoms with E-state index in [1.165, 1.54) is 0 Å². The van der Waals surface area contributed by atoms with E-state index in [0.717, 1.165) is 16.5 Å². The predicted molar refractivity (Wildman–Crippen MR) is 129 cm³/mol. The number of nitrogens with zero attached hydrogens (tertiary/aromatic N) is 2. The monoisotopic (exact) mass is 476 g/mol. The molecule has 3 aromatic rings. The van der Waals surface area contributed by atoms with E-state index in [0.29, 0.717) is 46.6 Å². The van der Waals surface area contributed by atoms with Crippen LogP contribution in [0.1, 0.15) is 73.7 Å². The summed E-state index contributed by atoms with van der Waals surface area (Å²) in [5.41, 5.74) is 2.06. The minimum absolute atomic E-state index is 0.0907. The lowest BCUT2D eigenvalue weighted by Crippen LogP contribution is -2.44. The van der Waals surface area contributed by atoms with Gasteiger partial charge >= 0.3 is 11.9 Å². The van der Waals surface area contributed by atoms with Gasteiger partial charge < -0.3 is 19.1 Å². The molecule has 4 heterocycles. The van der Waals surface area contributed by atoms with Gasteiger partial charge in [-0.25, -0.2) is 14.6 Å². The molecule has 1 N–H and O–H groups in total. The van der Waals surface area contributed by atoms with Crippen LogP contribution in [0.25, 0.3) is 22.3 Å². The van der Waals surface area contributed by atoms with Gasteiger partial charge in [0, 0.05) is 16.5 Å². The van der Waals surface area contributed by atoms with E-state index < -0.39 is 23.1 Å². The number of hydrogen-bond donors (Lipinski definition) is 1. The van der Waals surface area contributed by atoms with E-state index >= 15 is 0 Å². The van der Waals surface area contributed by atoms with E-state index in [2.05, 4.69) is 0 Å². The van der Waals surface area contributed by atoms with Crippen LogP contribution in [0.4, 0.5) is 0 Å². The Bertz CT molecular complexity index is 1480. The Morgan fingerprint density at radius 3 is 2.60 bits per heavy atom. The van der Waals surface area contributed by atoms with Gasteiger partial charge in [-0.05, 0) is 63.4 Å². The largest absolute Gasteiger partial charge is 0.458 e. The summed E-state index contributed by atoms with van der Waals surface area (Å²) in [5.74, 6) is -1.15. The standard InChI is InChI=1S/C27H28N2O6/c1-6-15-16-10-14(24(31)35-26(3,4)5)8-9-20(16)28-22-17(15)12-29-21(22)11-19-18(23(29)30)13-34-25(32)27(19,33)7-2/h8-11,33H,6-7,12-13H2,1-5H3/t27-/m0/s1. The molecule has 8 heteroatoms. The third-order valence-electron chi connectivity index (χ3n) is 6.79. The Morgan fingerprint density at radius 2 is 1.94 bits per heavy atom. The van der Waals surface area contributed by atoms with E-state index in [4.69, 9.17) is 14.5 Å². The van der Waals surface area contributed by atoms with Crippen LogP contribution >= 0.6 is 0 Å². The van der Waals surface area contributed by atoms with Crippen molar-refractivity contribution in [3.05, 3.63) is 62.4 Å². The zero-order valence-corrected chi connectivity index (χ0v) is 20.5. The average Bonchev–Trinajstić information content (AvgIpc) is 3.17. The molecule has 0 unspecified atom stereocenters. The van der Waals surface area contributed by atoms with Gasteiger partial charge in [-0.3, -0.25) is 4.79 Å². The summed E-state index contributed by atoms with van der Waals surface area (Å²) in [4.78, 5) is 43.3. The number of ether oxygens (including phenoxy) is 2. The van der Waals surface area contributed by atoms with E-state index in [1.807, 2.05) is 27.7 Å². The Balaban J connectivity index is 1.70. The third kappa shape index (κ3) is 3.46. The first-order chi connectivity index (χ1) is 16.5. The summed E-state index contributed by atoms with van der Waals surface area (Å²) >= 11 is 0. The molecule has 0 spiro atoms. The summed E-state index contributed by atoms with van der Waals surface area (Å²) in [5, 5.41) is 11.9. The molecule has 2 aliphatic heterocycles. The normalized spacial score (nSPS) is 18.6. The van der Waals surface area contributed by atoms with Crippen molar-refractivity contribution in [3.63, 3.8) is 0 Å². The SMILES string of the molecule is CCc1c2c(nc3ccc(C(=O)OC(C)(C)C)cc13)-c1cc3c(c(=O)n1C2)COC(=O)[C@]3(O)CC. The molecule has 8 nitrogen and oxygen atoms in total. The molecule has 0 amide bonds. The number of fused-ring (bicyclic) bond motifs is 5. The lowest BCUT2D eigenvalue weighted by molar-refractivity contribution is -0.172. The smallest absolute Gasteiger partial charge is 0.343 e. The molecular weight excluding hydrogens is 448 g/mol. The maximum absolute atomic E-state index is 13.4. The average molecular weight is 477 g/mol. The number of cyclic esters (lactones) is 1. The number of carbonyl (C=O) groups excluding carboxylic acids is 2. The van der Waals surface area contributed by atoms with Crippen LogP contribution in [0.5, 0.6) is 0 Å². The summed E-state index contributed by atoms with van der Waals surface area (Å²) in [6.45, 7) is 9.33. The van der Waals surface area contributed by atoms with Crippen LogP contribution in [0, 0.1) is 0 Å². The first kappa shape index (κ1) is 23.2. The summed E-state index contributed by atoms with van der Waals surface area (Å²) in [7, 11) is 0. The van der Waals surface area contributed by atoms with Crippen molar-refractivity contribution in [1.29, 1.82) is 0 Å². The molecule has 0 saturated carbocycles. The summed E-state index contributed by atoms with van der Waals surface area (Å²) in [6, 6.07) is 6.98. The van der Waals surface area contributed by atoms with Crippen molar-refractivity contribution >= 4 is 22.8 Å². The van der Waals surface area contributed by atoms with Crippen molar-refractivity contribution in [3.8, 4) is 11.4 Å². The third-order valence-corrected chi connectivity index (χ3v) is 6.79. The number of rotatable bonds is 3. The number of aromatic nitrogens is 2. The van der Waals surface area contributed by atoms with Gasteiger partial charge in [-0.1, -0.05) is 13.8 Å². The Kier molecular flexibility index (Phi) is 5.14. The Morgan fingerprint density at radius 1 is 1.20 bits per heavy atom. The van der Waals surface area contributed by atoms with Crippen molar-refractivity contribution in [2.75, 3.05) is 0 Å². The first-order valence-corrected chi connectivity index (χ1v) is 11.8. The molecule has 0 aliphatic carbocycles. The number of benzene rings is 1. The van der Waals surface area contributed by atoms with Crippen molar-refractivity contribution in [2.24, 2.45) is 0 Å². The highest BCUT2D eigenvalue weighted by atomic mass is 16.6. The van der Waals surface area contributed by atoms with Crippen molar-refractivity contribution in [1.82, 2.24) is 9.55 Å². The molecule has 35 heavy (non-hydrogen) atoms. The maximum Gasteiger partial charge on any atom is 0.343 e. The minimum Gasteiger partial charge on any atom is -0.458 e. The highest BCUT2D eigenvalue weighted by Crippen LogP contribution is 2.40. The zero-order valence-electron chi connectivity index (χ0n) is 20.5. The van der Waals surface area contributed by atoms with Crippen LogP contribution in [-0.2, 0) is 39.4 Å². The quantitative estimate of drug-likeness (QED) is 0.450. The molecular formula is C27H28N2O6. The van der Waals surface area contributed by atoms with Gasteiger partial charge in [0.15, 0.2) is 5.60 Å². The van der Waals surface area contributed by atoms with Gasteiger partial charge in [0.1, 0.15) is 12.2 Å². The number of esters is 2. The van der Waals surface area contributed by atoms with Crippen molar-refractivity contribution in [2.45, 2.75) is 71.8 Å². The molecule has 0 saturated heterocycles. The lowest BCUT2D eigenvalue weighted by atomic mass is 9.86. The van der Waals surface area contributed by atoms with Crippen LogP contribution in [0.2, 0.25) is 0 Å². The molecule has 182 valence electrons. The molecule has 2 aromatic heterocycles. The molecule has 1 atom stereocenters. The molecule has 5 rings (SSSR count). The molecule has 2 aliphatic rings. The highest BCUT2D eigenvalue weighted by Gasteiger charge is 2.45. The van der Waals surface area contributed by atoms with Gasteiger partial charge in [0.2, 0.25) is 0 Å². The predicted octanol–water partition coefficient (Wildman–Crippen LogP) is 3.60. The van der Waals surface area contributed by atoms with Gasteiger partial charge in [0.05, 0.1) is 34.6 Å². The highest BCUT2D eigenvalue weighted by molar-refractivity contribution is 5.97. The summed E-state index contributed by atoms with van der Waals surface area (Å²) < 4.78 is 12.3. The fraction of sp³-hybridized carbons (Fsp3) is 0.407. The Labute approximate surface area is 202 Å². The van der Waals surface area contributed by atoms with E-state index in [-0.39, 0.29) is 18.6 Å². The molecule has 0 radical (unpaired) electrons. The van der Waals surface area contributed by atoms with Crippen molar-refractivity contribution < 1.29 is 24.2 Å². The summed E-state index contributed by atoms with van der Waals surface area (Å²) in [6.07, 6.45) is 0.759. The minimum atomic E-state index is -1.86. The number of carbonyl (C=O) groups is 2. The first-order valence-electron chi connectivity index (χ1n) is 11.8. The van der Waals surface area contributed by atoms with E-state index in [1.54, 1.807) is 35.8 Å². The fourth-order valence-electron chi connectivity index (χ4n) is 5.03. The maximum atomic E-state index is 13.4. The second kappa shape index (κ2) is 7.75. The van der Waals surface area contributed by atoms with Gasteiger partial charge in [-0.2, -0.15) is 0 Å². The van der Waals surface area contributed by atoms with Crippen LogP contribution in [0.15, 0.2) is 29.1 Å². The second-order valence-corrected chi connectivity index (χ2v) is 10.1. The number of hydrogen-bond acceptors (Lipinski definition) is 7. The zero-order chi connectivity index (χ0) is 25.3. The van der Waals surface area contributed by atoms with Crippen LogP contribution < -0.4 is 5.56 Å². The second-order valence-electron chi connectivity index (χ2n) is 10.1. The topological polar surface area (TPSA) is 108 Å².